The monoisotopic (exact) mass is 1020 g/mol. The summed E-state index contributed by atoms with van der Waals surface area (Å²) in [4.78, 5) is 38.0. The van der Waals surface area contributed by atoms with Gasteiger partial charge in [0.1, 0.15) is 13.2 Å². The highest BCUT2D eigenvalue weighted by Crippen LogP contribution is 2.14. The minimum atomic E-state index is -0.795. The molecule has 0 aliphatic heterocycles. The predicted molar refractivity (Wildman–Crippen MR) is 320 cm³/mol. The molecule has 74 heavy (non-hydrogen) atoms. The van der Waals surface area contributed by atoms with Gasteiger partial charge in [0.25, 0.3) is 0 Å². The topological polar surface area (TPSA) is 78.9 Å². The zero-order valence-electron chi connectivity index (χ0n) is 47.8. The van der Waals surface area contributed by atoms with Crippen molar-refractivity contribution in [3.05, 3.63) is 134 Å². The van der Waals surface area contributed by atoms with E-state index < -0.39 is 6.10 Å². The fourth-order valence-corrected chi connectivity index (χ4v) is 7.85. The number of hydrogen-bond donors (Lipinski definition) is 0. The van der Waals surface area contributed by atoms with Crippen molar-refractivity contribution < 1.29 is 28.6 Å². The van der Waals surface area contributed by atoms with Crippen LogP contribution in [0, 0.1) is 0 Å². The summed E-state index contributed by atoms with van der Waals surface area (Å²) in [6, 6.07) is 0. The Balaban J connectivity index is 4.21. The molecule has 0 aromatic carbocycles. The first-order valence-corrected chi connectivity index (χ1v) is 30.2. The van der Waals surface area contributed by atoms with Crippen LogP contribution in [-0.2, 0) is 28.6 Å². The van der Waals surface area contributed by atoms with Crippen molar-refractivity contribution in [1.82, 2.24) is 0 Å². The van der Waals surface area contributed by atoms with E-state index in [4.69, 9.17) is 14.2 Å². The van der Waals surface area contributed by atoms with E-state index in [1.54, 1.807) is 0 Å². The molecule has 0 N–H and O–H groups in total. The fraction of sp³-hybridized carbons (Fsp3) is 0.632. The largest absolute Gasteiger partial charge is 0.462 e. The van der Waals surface area contributed by atoms with Gasteiger partial charge in [0.15, 0.2) is 6.10 Å². The summed E-state index contributed by atoms with van der Waals surface area (Å²) in [6.45, 7) is 6.36. The van der Waals surface area contributed by atoms with E-state index in [2.05, 4.69) is 154 Å². The van der Waals surface area contributed by atoms with Crippen molar-refractivity contribution in [2.24, 2.45) is 0 Å². The van der Waals surface area contributed by atoms with E-state index in [0.717, 1.165) is 167 Å². The fourth-order valence-electron chi connectivity index (χ4n) is 7.85. The van der Waals surface area contributed by atoms with Crippen LogP contribution in [0.1, 0.15) is 258 Å². The standard InChI is InChI=1S/C68H110O6/c1-4-7-10-13-16-19-22-24-25-26-27-28-29-30-31-32-33-34-35-36-37-38-39-40-41-42-43-45-46-49-52-55-58-61-67(70)73-64-65(63-72-66(69)60-57-54-51-48-21-18-15-12-9-6-3)74-68(71)62-59-56-53-50-47-44-23-20-17-14-11-8-5-2/h7,10-12,14-16,19-20,23-25,27-28,30-31,33-34,36-37,39-40,65H,4-6,8-9,13,17-18,21-22,26,29,32,35,38,41-64H2,1-3H3/b10-7-,14-11-,15-12-,19-16-,23-20-,25-24-,28-27-,31-30-,34-33-,37-36-,40-39-. The number of esters is 3. The van der Waals surface area contributed by atoms with Gasteiger partial charge in [-0.25, -0.2) is 0 Å². The van der Waals surface area contributed by atoms with Crippen LogP contribution in [0.2, 0.25) is 0 Å². The quantitative estimate of drug-likeness (QED) is 0.0261. The summed E-state index contributed by atoms with van der Waals surface area (Å²) < 4.78 is 16.8. The molecule has 0 fully saturated rings. The van der Waals surface area contributed by atoms with Crippen LogP contribution in [0.3, 0.4) is 0 Å². The number of carbonyl (C=O) groups excluding carboxylic acids is 3. The summed E-state index contributed by atoms with van der Waals surface area (Å²) in [6.07, 6.45) is 86.1. The highest BCUT2D eigenvalue weighted by molar-refractivity contribution is 5.71. The van der Waals surface area contributed by atoms with Crippen molar-refractivity contribution in [2.45, 2.75) is 264 Å². The van der Waals surface area contributed by atoms with Crippen LogP contribution < -0.4 is 0 Å². The van der Waals surface area contributed by atoms with Gasteiger partial charge in [0.2, 0.25) is 0 Å². The Morgan fingerprint density at radius 2 is 0.527 bits per heavy atom. The van der Waals surface area contributed by atoms with Crippen molar-refractivity contribution in [1.29, 1.82) is 0 Å². The second kappa shape index (κ2) is 61.1. The van der Waals surface area contributed by atoms with E-state index in [1.165, 1.54) is 51.4 Å². The molecule has 0 saturated carbocycles. The molecule has 0 aliphatic rings. The Morgan fingerprint density at radius 1 is 0.284 bits per heavy atom. The molecule has 0 heterocycles. The lowest BCUT2D eigenvalue weighted by atomic mass is 10.1. The van der Waals surface area contributed by atoms with Gasteiger partial charge in [-0.2, -0.15) is 0 Å². The molecule has 0 aliphatic carbocycles. The highest BCUT2D eigenvalue weighted by atomic mass is 16.6. The highest BCUT2D eigenvalue weighted by Gasteiger charge is 2.19. The summed E-state index contributed by atoms with van der Waals surface area (Å²) in [5.74, 6) is -0.931. The van der Waals surface area contributed by atoms with Crippen LogP contribution in [0.15, 0.2) is 134 Å². The van der Waals surface area contributed by atoms with Gasteiger partial charge in [-0.05, 0) is 128 Å². The maximum absolute atomic E-state index is 12.8. The average Bonchev–Trinajstić information content (AvgIpc) is 3.40. The van der Waals surface area contributed by atoms with Crippen molar-refractivity contribution >= 4 is 17.9 Å². The third-order valence-electron chi connectivity index (χ3n) is 12.3. The minimum Gasteiger partial charge on any atom is -0.462 e. The molecule has 6 heteroatoms. The first-order valence-electron chi connectivity index (χ1n) is 30.2. The Bertz CT molecular complexity index is 1600. The van der Waals surface area contributed by atoms with Gasteiger partial charge < -0.3 is 14.2 Å². The second-order valence-corrected chi connectivity index (χ2v) is 19.5. The second-order valence-electron chi connectivity index (χ2n) is 19.5. The van der Waals surface area contributed by atoms with Gasteiger partial charge in [-0.15, -0.1) is 0 Å². The molecular formula is C68H110O6. The Morgan fingerprint density at radius 3 is 0.851 bits per heavy atom. The number of carbonyl (C=O) groups is 3. The van der Waals surface area contributed by atoms with E-state index in [-0.39, 0.29) is 31.1 Å². The van der Waals surface area contributed by atoms with Gasteiger partial charge >= 0.3 is 17.9 Å². The van der Waals surface area contributed by atoms with Gasteiger partial charge in [-0.1, -0.05) is 244 Å². The molecule has 6 nitrogen and oxygen atoms in total. The minimum absolute atomic E-state index is 0.0934. The zero-order chi connectivity index (χ0) is 53.6. The van der Waals surface area contributed by atoms with E-state index >= 15 is 0 Å². The molecule has 418 valence electrons. The molecule has 1 atom stereocenters. The normalized spacial score (nSPS) is 13.1. The SMILES string of the molecule is CC/C=C\C/C=C\C/C=C\C/C=C\C/C=C\C/C=C\C/C=C\C/C=C\CCCCCCCCCCC(=O)OCC(COC(=O)CCCCCCC/C=C\CCC)OC(=O)CCCCCCC/C=C\C/C=C\CCC. The maximum Gasteiger partial charge on any atom is 0.306 e. The smallest absolute Gasteiger partial charge is 0.306 e. The van der Waals surface area contributed by atoms with Crippen molar-refractivity contribution in [3.63, 3.8) is 0 Å². The Hall–Kier alpha value is -4.45. The van der Waals surface area contributed by atoms with Gasteiger partial charge in [0.05, 0.1) is 0 Å². The molecule has 1 unspecified atom stereocenters. The van der Waals surface area contributed by atoms with E-state index in [0.29, 0.717) is 19.3 Å². The number of rotatable bonds is 53. The first kappa shape index (κ1) is 69.5. The Labute approximate surface area is 455 Å². The predicted octanol–water partition coefficient (Wildman–Crippen LogP) is 20.6. The molecule has 0 amide bonds. The van der Waals surface area contributed by atoms with Crippen LogP contribution in [0.4, 0.5) is 0 Å². The number of allylic oxidation sites excluding steroid dienone is 22. The number of ether oxygens (including phenoxy) is 3. The number of unbranched alkanes of at least 4 members (excludes halogenated alkanes) is 20. The Kier molecular flexibility index (Phi) is 57.4. The number of hydrogen-bond acceptors (Lipinski definition) is 6. The molecular weight excluding hydrogens is 913 g/mol. The lowest BCUT2D eigenvalue weighted by Gasteiger charge is -2.18. The first-order chi connectivity index (χ1) is 36.5. The molecule has 0 aromatic rings. The van der Waals surface area contributed by atoms with Crippen LogP contribution in [0.25, 0.3) is 0 Å². The summed E-state index contributed by atoms with van der Waals surface area (Å²) in [7, 11) is 0. The molecule has 0 bridgehead atoms. The third kappa shape index (κ3) is 58.4. The van der Waals surface area contributed by atoms with E-state index in [1.807, 2.05) is 0 Å². The molecule has 0 radical (unpaired) electrons. The van der Waals surface area contributed by atoms with Crippen molar-refractivity contribution in [3.8, 4) is 0 Å². The summed E-state index contributed by atoms with van der Waals surface area (Å²) in [5, 5.41) is 0. The molecule has 0 spiro atoms. The van der Waals surface area contributed by atoms with Gasteiger partial charge in [-0.3, -0.25) is 14.4 Å². The lowest BCUT2D eigenvalue weighted by molar-refractivity contribution is -0.167. The van der Waals surface area contributed by atoms with Crippen LogP contribution >= 0.6 is 0 Å². The average molecular weight is 1020 g/mol. The lowest BCUT2D eigenvalue weighted by Crippen LogP contribution is -2.30. The molecule has 0 saturated heterocycles. The molecule has 0 aromatic heterocycles. The summed E-state index contributed by atoms with van der Waals surface area (Å²) >= 11 is 0. The maximum atomic E-state index is 12.8. The zero-order valence-corrected chi connectivity index (χ0v) is 47.8. The molecule has 0 rings (SSSR count). The van der Waals surface area contributed by atoms with E-state index in [9.17, 15) is 14.4 Å². The van der Waals surface area contributed by atoms with Crippen LogP contribution in [0.5, 0.6) is 0 Å². The third-order valence-corrected chi connectivity index (χ3v) is 12.3. The van der Waals surface area contributed by atoms with Crippen LogP contribution in [-0.4, -0.2) is 37.2 Å². The van der Waals surface area contributed by atoms with Gasteiger partial charge in [0, 0.05) is 19.3 Å². The summed E-state index contributed by atoms with van der Waals surface area (Å²) in [5.41, 5.74) is 0. The van der Waals surface area contributed by atoms with Crippen molar-refractivity contribution in [2.75, 3.05) is 13.2 Å².